The van der Waals surface area contributed by atoms with Crippen LogP contribution >= 0.6 is 11.3 Å². The molecule has 5 heteroatoms. The van der Waals surface area contributed by atoms with E-state index in [2.05, 4.69) is 21.2 Å². The molecule has 1 aliphatic rings. The minimum atomic E-state index is -0.0568. The third-order valence-corrected chi connectivity index (χ3v) is 4.06. The highest BCUT2D eigenvalue weighted by atomic mass is 32.1. The van der Waals surface area contributed by atoms with Gasteiger partial charge in [0.05, 0.1) is 4.88 Å². The molecule has 3 heterocycles. The fourth-order valence-corrected chi connectivity index (χ4v) is 2.93. The van der Waals surface area contributed by atoms with E-state index in [-0.39, 0.29) is 6.10 Å². The summed E-state index contributed by atoms with van der Waals surface area (Å²) in [5.41, 5.74) is 1.22. The molecule has 0 aliphatic carbocycles. The number of fused-ring (bicyclic) bond motifs is 1. The Morgan fingerprint density at radius 3 is 3.00 bits per heavy atom. The Hall–Kier alpha value is -2.14. The van der Waals surface area contributed by atoms with Crippen LogP contribution in [0.15, 0.2) is 41.8 Å². The van der Waals surface area contributed by atoms with Gasteiger partial charge < -0.3 is 4.74 Å². The molecule has 2 aromatic heterocycles. The predicted octanol–water partition coefficient (Wildman–Crippen LogP) is 3.21. The van der Waals surface area contributed by atoms with Crippen LogP contribution in [-0.2, 0) is 6.42 Å². The average Bonchev–Trinajstić information content (AvgIpc) is 3.17. The summed E-state index contributed by atoms with van der Waals surface area (Å²) in [6, 6.07) is 12.1. The average molecular weight is 269 g/mol. The van der Waals surface area contributed by atoms with Gasteiger partial charge in [-0.15, -0.1) is 11.3 Å². The first-order chi connectivity index (χ1) is 9.40. The van der Waals surface area contributed by atoms with Crippen LogP contribution in [0.25, 0.3) is 10.7 Å². The lowest BCUT2D eigenvalue weighted by Crippen LogP contribution is -2.05. The number of benzene rings is 1. The van der Waals surface area contributed by atoms with Crippen molar-refractivity contribution in [2.45, 2.75) is 12.5 Å². The first-order valence-electron chi connectivity index (χ1n) is 6.11. The van der Waals surface area contributed by atoms with E-state index >= 15 is 0 Å². The van der Waals surface area contributed by atoms with Gasteiger partial charge in [-0.1, -0.05) is 24.3 Å². The van der Waals surface area contributed by atoms with E-state index in [9.17, 15) is 0 Å². The number of nitrogens with one attached hydrogen (secondary N) is 1. The lowest BCUT2D eigenvalue weighted by Gasteiger charge is -2.05. The van der Waals surface area contributed by atoms with Gasteiger partial charge in [0, 0.05) is 6.42 Å². The van der Waals surface area contributed by atoms with Gasteiger partial charge in [-0.25, -0.2) is 4.98 Å². The number of para-hydroxylation sites is 1. The Balaban J connectivity index is 1.62. The third kappa shape index (κ3) is 1.82. The highest BCUT2D eigenvalue weighted by Crippen LogP contribution is 2.35. The van der Waals surface area contributed by atoms with E-state index in [0.717, 1.165) is 28.7 Å². The molecule has 94 valence electrons. The summed E-state index contributed by atoms with van der Waals surface area (Å²) < 4.78 is 5.89. The molecule has 4 rings (SSSR count). The summed E-state index contributed by atoms with van der Waals surface area (Å²) in [5, 5.41) is 9.27. The Morgan fingerprint density at radius 1 is 1.21 bits per heavy atom. The first-order valence-corrected chi connectivity index (χ1v) is 6.99. The van der Waals surface area contributed by atoms with E-state index in [4.69, 9.17) is 4.74 Å². The molecule has 3 aromatic rings. The number of aromatic nitrogens is 3. The zero-order valence-corrected chi connectivity index (χ0v) is 10.9. The number of rotatable bonds is 2. The van der Waals surface area contributed by atoms with Gasteiger partial charge in [0.25, 0.3) is 0 Å². The number of ether oxygens (including phenoxy) is 1. The topological polar surface area (TPSA) is 50.8 Å². The molecule has 0 bridgehead atoms. The summed E-state index contributed by atoms with van der Waals surface area (Å²) in [7, 11) is 0. The van der Waals surface area contributed by atoms with Crippen molar-refractivity contribution in [3.63, 3.8) is 0 Å². The van der Waals surface area contributed by atoms with Crippen LogP contribution in [-0.4, -0.2) is 15.2 Å². The Kier molecular flexibility index (Phi) is 2.38. The van der Waals surface area contributed by atoms with E-state index in [1.54, 1.807) is 11.3 Å². The van der Waals surface area contributed by atoms with Crippen LogP contribution in [0.2, 0.25) is 0 Å². The van der Waals surface area contributed by atoms with Gasteiger partial charge in [0.1, 0.15) is 5.75 Å². The molecule has 1 aromatic carbocycles. The van der Waals surface area contributed by atoms with Gasteiger partial charge in [-0.3, -0.25) is 5.10 Å². The highest BCUT2D eigenvalue weighted by molar-refractivity contribution is 7.13. The molecule has 1 atom stereocenters. The Labute approximate surface area is 114 Å². The largest absolute Gasteiger partial charge is 0.482 e. The van der Waals surface area contributed by atoms with Crippen molar-refractivity contribution in [3.8, 4) is 16.5 Å². The zero-order valence-electron chi connectivity index (χ0n) is 10.0. The third-order valence-electron chi connectivity index (χ3n) is 3.20. The molecular formula is C14H11N3OS. The second-order valence-electron chi connectivity index (χ2n) is 4.44. The quantitative estimate of drug-likeness (QED) is 0.777. The molecule has 0 fully saturated rings. The first kappa shape index (κ1) is 10.8. The number of hydrogen-bond donors (Lipinski definition) is 1. The Morgan fingerprint density at radius 2 is 2.16 bits per heavy atom. The standard InChI is InChI=1S/C14H11N3OS/c1-2-5-10-9(4-1)8-11(18-10)13-15-14(17-16-13)12-6-3-7-19-12/h1-7,11H,8H2,(H,15,16,17). The summed E-state index contributed by atoms with van der Waals surface area (Å²) in [4.78, 5) is 5.60. The van der Waals surface area contributed by atoms with Crippen molar-refractivity contribution >= 4 is 11.3 Å². The molecule has 0 saturated heterocycles. The summed E-state index contributed by atoms with van der Waals surface area (Å²) in [6.45, 7) is 0. The summed E-state index contributed by atoms with van der Waals surface area (Å²) in [6.07, 6.45) is 0.786. The van der Waals surface area contributed by atoms with Crippen LogP contribution in [0, 0.1) is 0 Å². The number of nitrogens with zero attached hydrogens (tertiary/aromatic N) is 2. The number of aromatic amines is 1. The second-order valence-corrected chi connectivity index (χ2v) is 5.39. The fourth-order valence-electron chi connectivity index (χ4n) is 2.27. The normalized spacial score (nSPS) is 17.2. The lowest BCUT2D eigenvalue weighted by molar-refractivity contribution is 0.228. The van der Waals surface area contributed by atoms with Crippen molar-refractivity contribution in [2.75, 3.05) is 0 Å². The summed E-state index contributed by atoms with van der Waals surface area (Å²) >= 11 is 1.63. The number of hydrogen-bond acceptors (Lipinski definition) is 4. The van der Waals surface area contributed by atoms with Gasteiger partial charge in [0.2, 0.25) is 0 Å². The maximum Gasteiger partial charge on any atom is 0.191 e. The van der Waals surface area contributed by atoms with Crippen molar-refractivity contribution in [1.29, 1.82) is 0 Å². The molecule has 19 heavy (non-hydrogen) atoms. The lowest BCUT2D eigenvalue weighted by atomic mass is 10.1. The van der Waals surface area contributed by atoms with Crippen LogP contribution < -0.4 is 4.74 Å². The van der Waals surface area contributed by atoms with Crippen molar-refractivity contribution in [2.24, 2.45) is 0 Å². The van der Waals surface area contributed by atoms with Crippen LogP contribution in [0.1, 0.15) is 17.5 Å². The van der Waals surface area contributed by atoms with Crippen molar-refractivity contribution in [1.82, 2.24) is 15.2 Å². The minimum Gasteiger partial charge on any atom is -0.482 e. The SMILES string of the molecule is c1csc(-c2n[nH]c(C3Cc4ccccc4O3)n2)c1. The van der Waals surface area contributed by atoms with Gasteiger partial charge >= 0.3 is 0 Å². The maximum absolute atomic E-state index is 5.89. The maximum atomic E-state index is 5.89. The smallest absolute Gasteiger partial charge is 0.191 e. The van der Waals surface area contributed by atoms with Gasteiger partial charge in [-0.05, 0) is 23.1 Å². The van der Waals surface area contributed by atoms with Crippen LogP contribution in [0.5, 0.6) is 5.75 Å². The number of H-pyrrole nitrogens is 1. The predicted molar refractivity (Wildman–Crippen MR) is 73.2 cm³/mol. The molecule has 0 spiro atoms. The molecule has 4 nitrogen and oxygen atoms in total. The molecule has 0 radical (unpaired) electrons. The molecule has 0 saturated carbocycles. The monoisotopic (exact) mass is 269 g/mol. The number of thiophene rings is 1. The molecule has 1 N–H and O–H groups in total. The van der Waals surface area contributed by atoms with E-state index in [1.807, 2.05) is 35.7 Å². The highest BCUT2D eigenvalue weighted by Gasteiger charge is 2.26. The van der Waals surface area contributed by atoms with E-state index < -0.39 is 0 Å². The minimum absolute atomic E-state index is 0.0568. The van der Waals surface area contributed by atoms with Gasteiger partial charge in [0.15, 0.2) is 17.8 Å². The molecular weight excluding hydrogens is 258 g/mol. The Bertz CT molecular complexity index is 680. The fraction of sp³-hybridized carbons (Fsp3) is 0.143. The van der Waals surface area contributed by atoms with Crippen molar-refractivity contribution in [3.05, 3.63) is 53.2 Å². The zero-order chi connectivity index (χ0) is 12.7. The second kappa shape index (κ2) is 4.20. The van der Waals surface area contributed by atoms with E-state index in [0.29, 0.717) is 0 Å². The molecule has 0 amide bonds. The molecule has 1 aliphatic heterocycles. The van der Waals surface area contributed by atoms with E-state index in [1.165, 1.54) is 5.56 Å². The summed E-state index contributed by atoms with van der Waals surface area (Å²) in [5.74, 6) is 2.48. The van der Waals surface area contributed by atoms with Crippen LogP contribution in [0.4, 0.5) is 0 Å². The van der Waals surface area contributed by atoms with Gasteiger partial charge in [-0.2, -0.15) is 5.10 Å². The molecule has 1 unspecified atom stereocenters. The van der Waals surface area contributed by atoms with Crippen LogP contribution in [0.3, 0.4) is 0 Å². The van der Waals surface area contributed by atoms with Crippen molar-refractivity contribution < 1.29 is 4.74 Å².